The van der Waals surface area contributed by atoms with E-state index in [1.54, 1.807) is 11.3 Å². The molecule has 1 N–H and O–H groups in total. The number of hydrogen-bond donors (Lipinski definition) is 1. The lowest BCUT2D eigenvalue weighted by Crippen LogP contribution is -2.29. The monoisotopic (exact) mass is 198 g/mol. The quantitative estimate of drug-likeness (QED) is 0.784. The van der Waals surface area contributed by atoms with E-state index < -0.39 is 0 Å². The summed E-state index contributed by atoms with van der Waals surface area (Å²) in [7, 11) is 0. The largest absolute Gasteiger partial charge is 0.395 e. The zero-order valence-corrected chi connectivity index (χ0v) is 8.56. The van der Waals surface area contributed by atoms with Gasteiger partial charge in [-0.2, -0.15) is 0 Å². The predicted octanol–water partition coefficient (Wildman–Crippen LogP) is 1.71. The van der Waals surface area contributed by atoms with Crippen molar-refractivity contribution in [3.05, 3.63) is 21.9 Å². The fourth-order valence-electron chi connectivity index (χ4n) is 1.71. The highest BCUT2D eigenvalue weighted by Gasteiger charge is 2.37. The van der Waals surface area contributed by atoms with Crippen molar-refractivity contribution in [3.8, 4) is 0 Å². The van der Waals surface area contributed by atoms with Crippen molar-refractivity contribution in [1.29, 1.82) is 0 Å². The molecule has 0 aromatic carbocycles. The number of aliphatic hydroxyl groups is 1. The Bertz CT molecular complexity index is 287. The summed E-state index contributed by atoms with van der Waals surface area (Å²) in [5, 5.41) is 11.5. The van der Waals surface area contributed by atoms with Crippen LogP contribution in [0.15, 0.2) is 11.4 Å². The molecule has 0 bridgehead atoms. The van der Waals surface area contributed by atoms with E-state index in [2.05, 4.69) is 18.4 Å². The van der Waals surface area contributed by atoms with E-state index in [1.807, 2.05) is 0 Å². The van der Waals surface area contributed by atoms with Gasteiger partial charge >= 0.3 is 0 Å². The van der Waals surface area contributed by atoms with Crippen LogP contribution in [-0.4, -0.2) is 24.9 Å². The third-order valence-electron chi connectivity index (χ3n) is 2.66. The second-order valence-corrected chi connectivity index (χ2v) is 4.64. The molecule has 72 valence electrons. The van der Waals surface area contributed by atoms with Gasteiger partial charge in [-0.25, -0.2) is 0 Å². The maximum atomic E-state index is 9.41. The molecule has 13 heavy (non-hydrogen) atoms. The Morgan fingerprint density at radius 1 is 1.69 bits per heavy atom. The van der Waals surface area contributed by atoms with Crippen LogP contribution < -0.4 is 0 Å². The van der Waals surface area contributed by atoms with Gasteiger partial charge in [-0.05, 0) is 30.4 Å². The van der Waals surface area contributed by atoms with Crippen molar-refractivity contribution in [3.63, 3.8) is 0 Å². The van der Waals surface area contributed by atoms with Crippen LogP contribution in [0.2, 0.25) is 0 Å². The van der Waals surface area contributed by atoms with Gasteiger partial charge in [0.25, 0.3) is 0 Å². The molecule has 0 aliphatic carbocycles. The molecule has 1 aliphatic rings. The van der Waals surface area contributed by atoms with Crippen molar-refractivity contribution in [2.75, 3.05) is 19.8 Å². The van der Waals surface area contributed by atoms with Gasteiger partial charge in [-0.1, -0.05) is 0 Å². The van der Waals surface area contributed by atoms with E-state index in [-0.39, 0.29) is 12.0 Å². The molecular formula is C10H14O2S. The third kappa shape index (κ3) is 1.52. The fraction of sp³-hybridized carbons (Fsp3) is 0.600. The first kappa shape index (κ1) is 9.19. The minimum atomic E-state index is -0.0983. The van der Waals surface area contributed by atoms with Gasteiger partial charge in [-0.15, -0.1) is 11.3 Å². The van der Waals surface area contributed by atoms with Crippen LogP contribution in [0.3, 0.4) is 0 Å². The molecule has 0 unspecified atom stereocenters. The molecular weight excluding hydrogens is 184 g/mol. The molecule has 2 heterocycles. The van der Waals surface area contributed by atoms with Crippen LogP contribution in [0.5, 0.6) is 0 Å². The minimum absolute atomic E-state index is 0.0983. The molecule has 1 aromatic heterocycles. The Hall–Kier alpha value is -0.380. The Labute approximate surface area is 82.2 Å². The first-order chi connectivity index (χ1) is 6.27. The number of aryl methyl sites for hydroxylation is 1. The Morgan fingerprint density at radius 2 is 2.54 bits per heavy atom. The molecule has 1 saturated heterocycles. The zero-order chi connectivity index (χ0) is 9.31. The van der Waals surface area contributed by atoms with Crippen LogP contribution in [0.1, 0.15) is 16.9 Å². The number of aliphatic hydroxyl groups excluding tert-OH is 1. The molecule has 1 fully saturated rings. The first-order valence-electron chi connectivity index (χ1n) is 4.51. The van der Waals surface area contributed by atoms with E-state index in [0.29, 0.717) is 6.61 Å². The summed E-state index contributed by atoms with van der Waals surface area (Å²) < 4.78 is 5.36. The fourth-order valence-corrected chi connectivity index (χ4v) is 2.82. The highest BCUT2D eigenvalue weighted by molar-refractivity contribution is 7.10. The molecule has 2 nitrogen and oxygen atoms in total. The second-order valence-electron chi connectivity index (χ2n) is 3.73. The van der Waals surface area contributed by atoms with Crippen LogP contribution in [0.25, 0.3) is 0 Å². The van der Waals surface area contributed by atoms with E-state index in [4.69, 9.17) is 4.74 Å². The molecule has 0 saturated carbocycles. The lowest BCUT2D eigenvalue weighted by atomic mass is 9.86. The molecule has 2 rings (SSSR count). The smallest absolute Gasteiger partial charge is 0.0593 e. The van der Waals surface area contributed by atoms with E-state index in [1.165, 1.54) is 10.4 Å². The summed E-state index contributed by atoms with van der Waals surface area (Å²) in [6.07, 6.45) is 0.948. The molecule has 3 heteroatoms. The SMILES string of the molecule is Cc1csc([C@]2(CO)CCOC2)c1. The van der Waals surface area contributed by atoms with E-state index in [0.717, 1.165) is 13.0 Å². The van der Waals surface area contributed by atoms with E-state index in [9.17, 15) is 5.11 Å². The topological polar surface area (TPSA) is 29.5 Å². The average molecular weight is 198 g/mol. The second kappa shape index (κ2) is 3.40. The molecule has 0 radical (unpaired) electrons. The zero-order valence-electron chi connectivity index (χ0n) is 7.75. The van der Waals surface area contributed by atoms with Gasteiger partial charge < -0.3 is 9.84 Å². The van der Waals surface area contributed by atoms with Gasteiger partial charge in [0, 0.05) is 11.5 Å². The predicted molar refractivity (Wildman–Crippen MR) is 53.3 cm³/mol. The Balaban J connectivity index is 2.30. The first-order valence-corrected chi connectivity index (χ1v) is 5.39. The summed E-state index contributed by atoms with van der Waals surface area (Å²) in [6.45, 7) is 3.73. The van der Waals surface area contributed by atoms with Crippen molar-refractivity contribution in [2.45, 2.75) is 18.8 Å². The van der Waals surface area contributed by atoms with Crippen molar-refractivity contribution >= 4 is 11.3 Å². The average Bonchev–Trinajstić information content (AvgIpc) is 2.73. The highest BCUT2D eigenvalue weighted by atomic mass is 32.1. The number of ether oxygens (including phenoxy) is 1. The Kier molecular flexibility index (Phi) is 2.41. The van der Waals surface area contributed by atoms with Gasteiger partial charge in [0.2, 0.25) is 0 Å². The lowest BCUT2D eigenvalue weighted by molar-refractivity contribution is 0.142. The maximum Gasteiger partial charge on any atom is 0.0593 e. The lowest BCUT2D eigenvalue weighted by Gasteiger charge is -2.22. The normalized spacial score (nSPS) is 28.2. The molecule has 1 aromatic rings. The van der Waals surface area contributed by atoms with Gasteiger partial charge in [0.15, 0.2) is 0 Å². The van der Waals surface area contributed by atoms with Crippen molar-refractivity contribution in [2.24, 2.45) is 0 Å². The van der Waals surface area contributed by atoms with Crippen molar-refractivity contribution < 1.29 is 9.84 Å². The number of thiophene rings is 1. The van der Waals surface area contributed by atoms with Crippen molar-refractivity contribution in [1.82, 2.24) is 0 Å². The van der Waals surface area contributed by atoms with Gasteiger partial charge in [0.05, 0.1) is 18.6 Å². The third-order valence-corrected chi connectivity index (χ3v) is 3.95. The summed E-state index contributed by atoms with van der Waals surface area (Å²) in [4.78, 5) is 1.27. The summed E-state index contributed by atoms with van der Waals surface area (Å²) in [5.41, 5.74) is 1.18. The maximum absolute atomic E-state index is 9.41. The molecule has 0 amide bonds. The van der Waals surface area contributed by atoms with Crippen LogP contribution in [0, 0.1) is 6.92 Å². The summed E-state index contributed by atoms with van der Waals surface area (Å²) >= 11 is 1.73. The molecule has 0 spiro atoms. The number of hydrogen-bond acceptors (Lipinski definition) is 3. The molecule has 1 atom stereocenters. The Morgan fingerprint density at radius 3 is 3.00 bits per heavy atom. The van der Waals surface area contributed by atoms with E-state index >= 15 is 0 Å². The van der Waals surface area contributed by atoms with Gasteiger partial charge in [-0.3, -0.25) is 0 Å². The van der Waals surface area contributed by atoms with Crippen LogP contribution in [0.4, 0.5) is 0 Å². The van der Waals surface area contributed by atoms with Crippen LogP contribution >= 0.6 is 11.3 Å². The van der Waals surface area contributed by atoms with Gasteiger partial charge in [0.1, 0.15) is 0 Å². The number of rotatable bonds is 2. The molecule has 1 aliphatic heterocycles. The minimum Gasteiger partial charge on any atom is -0.395 e. The summed E-state index contributed by atoms with van der Waals surface area (Å²) in [5.74, 6) is 0. The summed E-state index contributed by atoms with van der Waals surface area (Å²) in [6, 6.07) is 2.16. The highest BCUT2D eigenvalue weighted by Crippen LogP contribution is 2.36. The van der Waals surface area contributed by atoms with Crippen LogP contribution in [-0.2, 0) is 10.2 Å². The standard InChI is InChI=1S/C10H14O2S/c1-8-4-9(13-5-8)10(6-11)2-3-12-7-10/h4-5,11H,2-3,6-7H2,1H3/t10-/m0/s1.